The molecule has 0 radical (unpaired) electrons. The highest BCUT2D eigenvalue weighted by Crippen LogP contribution is 2.09. The summed E-state index contributed by atoms with van der Waals surface area (Å²) in [6, 6.07) is 0.239. The highest BCUT2D eigenvalue weighted by molar-refractivity contribution is 5.92. The highest BCUT2D eigenvalue weighted by atomic mass is 16.4. The number of aromatic nitrogens is 2. The summed E-state index contributed by atoms with van der Waals surface area (Å²) >= 11 is 0. The Morgan fingerprint density at radius 1 is 1.40 bits per heavy atom. The lowest BCUT2D eigenvalue weighted by Crippen LogP contribution is -2.43. The van der Waals surface area contributed by atoms with Crippen LogP contribution in [-0.4, -0.2) is 57.3 Å². The van der Waals surface area contributed by atoms with Crippen LogP contribution >= 0.6 is 0 Å². The molecule has 1 aromatic heterocycles. The number of likely N-dealkylation sites (tertiary alicyclic amines) is 1. The molecule has 0 bridgehead atoms. The van der Waals surface area contributed by atoms with Gasteiger partial charge in [-0.15, -0.1) is 0 Å². The Morgan fingerprint density at radius 3 is 2.75 bits per heavy atom. The van der Waals surface area contributed by atoms with Crippen LogP contribution < -0.4 is 11.1 Å². The summed E-state index contributed by atoms with van der Waals surface area (Å²) in [6.45, 7) is 1.75. The number of nitrogens with two attached hydrogens (primary N) is 1. The van der Waals surface area contributed by atoms with Crippen LogP contribution in [0.3, 0.4) is 0 Å². The van der Waals surface area contributed by atoms with Crippen molar-refractivity contribution in [3.63, 3.8) is 0 Å². The van der Waals surface area contributed by atoms with E-state index in [0.29, 0.717) is 12.2 Å². The van der Waals surface area contributed by atoms with Crippen molar-refractivity contribution in [3.05, 3.63) is 12.4 Å². The lowest BCUT2D eigenvalue weighted by atomic mass is 10.1. The van der Waals surface area contributed by atoms with Gasteiger partial charge in [-0.2, -0.15) is 5.10 Å². The van der Waals surface area contributed by atoms with Gasteiger partial charge >= 0.3 is 5.97 Å². The van der Waals surface area contributed by atoms with Gasteiger partial charge in [0, 0.05) is 25.3 Å². The van der Waals surface area contributed by atoms with E-state index in [1.54, 1.807) is 0 Å². The predicted molar refractivity (Wildman–Crippen MR) is 72.1 cm³/mol. The van der Waals surface area contributed by atoms with Gasteiger partial charge in [0.25, 0.3) is 0 Å². The number of hydrogen-bond acceptors (Lipinski definition) is 5. The largest absolute Gasteiger partial charge is 0.480 e. The number of aliphatic carboxylic acids is 1. The number of piperidine rings is 1. The van der Waals surface area contributed by atoms with Crippen LogP contribution in [0.15, 0.2) is 12.4 Å². The number of anilines is 1. The van der Waals surface area contributed by atoms with Gasteiger partial charge < -0.3 is 16.2 Å². The van der Waals surface area contributed by atoms with Gasteiger partial charge in [0.05, 0.1) is 18.4 Å². The Kier molecular flexibility index (Phi) is 4.70. The number of carbonyl (C=O) groups excluding carboxylic acids is 1. The molecular weight excluding hydrogens is 262 g/mol. The first-order valence-corrected chi connectivity index (χ1v) is 6.55. The molecule has 1 saturated heterocycles. The predicted octanol–water partition coefficient (Wildman–Crippen LogP) is -0.671. The molecule has 4 N–H and O–H groups in total. The molecule has 1 aliphatic rings. The van der Waals surface area contributed by atoms with E-state index in [1.165, 1.54) is 17.1 Å². The van der Waals surface area contributed by atoms with Crippen molar-refractivity contribution in [1.29, 1.82) is 0 Å². The first-order valence-electron chi connectivity index (χ1n) is 6.55. The van der Waals surface area contributed by atoms with Gasteiger partial charge in [0.2, 0.25) is 5.91 Å². The Morgan fingerprint density at radius 2 is 2.10 bits per heavy atom. The van der Waals surface area contributed by atoms with Crippen molar-refractivity contribution < 1.29 is 14.7 Å². The lowest BCUT2D eigenvalue weighted by molar-refractivity contribution is -0.137. The van der Waals surface area contributed by atoms with Gasteiger partial charge in [-0.1, -0.05) is 0 Å². The molecule has 110 valence electrons. The van der Waals surface area contributed by atoms with Gasteiger partial charge in [-0.3, -0.25) is 19.2 Å². The first-order chi connectivity index (χ1) is 9.52. The fourth-order valence-corrected chi connectivity index (χ4v) is 2.17. The van der Waals surface area contributed by atoms with E-state index in [4.69, 9.17) is 10.8 Å². The van der Waals surface area contributed by atoms with E-state index < -0.39 is 5.97 Å². The second-order valence-corrected chi connectivity index (χ2v) is 4.98. The molecule has 1 aliphatic heterocycles. The van der Waals surface area contributed by atoms with E-state index in [0.717, 1.165) is 25.9 Å². The van der Waals surface area contributed by atoms with Crippen LogP contribution in [0.25, 0.3) is 0 Å². The van der Waals surface area contributed by atoms with Crippen LogP contribution in [0.1, 0.15) is 12.8 Å². The van der Waals surface area contributed by atoms with Crippen LogP contribution in [0.4, 0.5) is 5.69 Å². The SMILES string of the molecule is NC1CCN(CC(=O)Nc2cnn(CC(=O)O)c2)CC1. The molecule has 8 nitrogen and oxygen atoms in total. The number of carboxylic acids is 1. The molecule has 0 aliphatic carbocycles. The fourth-order valence-electron chi connectivity index (χ4n) is 2.17. The zero-order valence-corrected chi connectivity index (χ0v) is 11.2. The van der Waals surface area contributed by atoms with Crippen LogP contribution in [0.5, 0.6) is 0 Å². The van der Waals surface area contributed by atoms with Gasteiger partial charge in [-0.05, 0) is 12.8 Å². The molecule has 20 heavy (non-hydrogen) atoms. The third-order valence-corrected chi connectivity index (χ3v) is 3.21. The van der Waals surface area contributed by atoms with Crippen molar-refractivity contribution >= 4 is 17.6 Å². The maximum Gasteiger partial charge on any atom is 0.325 e. The number of rotatable bonds is 5. The Bertz CT molecular complexity index is 479. The van der Waals surface area contributed by atoms with Crippen molar-refractivity contribution in [3.8, 4) is 0 Å². The third-order valence-electron chi connectivity index (χ3n) is 3.21. The Hall–Kier alpha value is -1.93. The molecule has 2 rings (SSSR count). The van der Waals surface area contributed by atoms with E-state index in [2.05, 4.69) is 15.3 Å². The smallest absolute Gasteiger partial charge is 0.325 e. The number of carbonyl (C=O) groups is 2. The molecule has 0 unspecified atom stereocenters. The summed E-state index contributed by atoms with van der Waals surface area (Å²) in [4.78, 5) is 24.4. The van der Waals surface area contributed by atoms with Gasteiger partial charge in [0.15, 0.2) is 0 Å². The van der Waals surface area contributed by atoms with Gasteiger partial charge in [0.1, 0.15) is 6.54 Å². The maximum absolute atomic E-state index is 11.9. The van der Waals surface area contributed by atoms with E-state index in [9.17, 15) is 9.59 Å². The third kappa shape index (κ3) is 4.32. The van der Waals surface area contributed by atoms with E-state index >= 15 is 0 Å². The van der Waals surface area contributed by atoms with Crippen LogP contribution in [0, 0.1) is 0 Å². The standard InChI is InChI=1S/C12H19N5O3/c13-9-1-3-16(4-2-9)7-11(18)15-10-5-14-17(6-10)8-12(19)20/h5-6,9H,1-4,7-8,13H2,(H,15,18)(H,19,20). The summed E-state index contributed by atoms with van der Waals surface area (Å²) in [5.74, 6) is -1.11. The van der Waals surface area contributed by atoms with Crippen molar-refractivity contribution in [2.24, 2.45) is 5.73 Å². The molecule has 0 aromatic carbocycles. The minimum atomic E-state index is -0.976. The van der Waals surface area contributed by atoms with E-state index in [-0.39, 0.29) is 18.5 Å². The average molecular weight is 281 g/mol. The van der Waals surface area contributed by atoms with Crippen molar-refractivity contribution in [2.45, 2.75) is 25.4 Å². The monoisotopic (exact) mass is 281 g/mol. The molecule has 1 aromatic rings. The molecule has 2 heterocycles. The summed E-state index contributed by atoms with van der Waals surface area (Å²) < 4.78 is 1.26. The summed E-state index contributed by atoms with van der Waals surface area (Å²) in [7, 11) is 0. The minimum Gasteiger partial charge on any atom is -0.480 e. The number of nitrogens with one attached hydrogen (secondary N) is 1. The molecule has 0 spiro atoms. The second kappa shape index (κ2) is 6.49. The summed E-state index contributed by atoms with van der Waals surface area (Å²) in [5, 5.41) is 15.2. The second-order valence-electron chi connectivity index (χ2n) is 4.98. The maximum atomic E-state index is 11.9. The summed E-state index contributed by atoms with van der Waals surface area (Å²) in [5.41, 5.74) is 6.31. The number of nitrogens with zero attached hydrogens (tertiary/aromatic N) is 3. The fraction of sp³-hybridized carbons (Fsp3) is 0.583. The van der Waals surface area contributed by atoms with Crippen LogP contribution in [-0.2, 0) is 16.1 Å². The van der Waals surface area contributed by atoms with Gasteiger partial charge in [-0.25, -0.2) is 0 Å². The average Bonchev–Trinajstić information content (AvgIpc) is 2.78. The Balaban J connectivity index is 1.79. The van der Waals surface area contributed by atoms with E-state index in [1.807, 2.05) is 0 Å². The number of carboxylic acid groups (broad SMARTS) is 1. The molecule has 0 saturated carbocycles. The zero-order valence-electron chi connectivity index (χ0n) is 11.2. The topological polar surface area (TPSA) is 113 Å². The van der Waals surface area contributed by atoms with Crippen molar-refractivity contribution in [2.75, 3.05) is 25.0 Å². The highest BCUT2D eigenvalue weighted by Gasteiger charge is 2.18. The Labute approximate surface area is 116 Å². The zero-order chi connectivity index (χ0) is 14.5. The minimum absolute atomic E-state index is 0.129. The summed E-state index contributed by atoms with van der Waals surface area (Å²) in [6.07, 6.45) is 4.75. The molecule has 1 amide bonds. The number of amides is 1. The molecule has 8 heteroatoms. The normalized spacial score (nSPS) is 17.1. The van der Waals surface area contributed by atoms with Crippen molar-refractivity contribution in [1.82, 2.24) is 14.7 Å². The molecule has 0 atom stereocenters. The number of hydrogen-bond donors (Lipinski definition) is 3. The molecule has 1 fully saturated rings. The van der Waals surface area contributed by atoms with Crippen LogP contribution in [0.2, 0.25) is 0 Å². The lowest BCUT2D eigenvalue weighted by Gasteiger charge is -2.29. The molecular formula is C12H19N5O3. The quantitative estimate of drug-likeness (QED) is 0.659. The first kappa shape index (κ1) is 14.5.